The third kappa shape index (κ3) is 3.83. The topological polar surface area (TPSA) is 72.2 Å². The molecule has 1 aromatic rings. The van der Waals surface area contributed by atoms with Gasteiger partial charge in [0.25, 0.3) is 0 Å². The first-order valence-corrected chi connectivity index (χ1v) is 7.09. The number of sulfone groups is 1. The van der Waals surface area contributed by atoms with Crippen molar-refractivity contribution in [1.82, 2.24) is 0 Å². The predicted octanol–water partition coefficient (Wildman–Crippen LogP) is 1.24. The number of hydrogen-bond acceptors (Lipinski definition) is 4. The van der Waals surface area contributed by atoms with Gasteiger partial charge in [-0.05, 0) is 44.2 Å². The first-order valence-electron chi connectivity index (χ1n) is 5.20. The standard InChI is InChI=1S/C11H18N2O2S/c1-9(7-8-12)13-10-3-5-11(6-4-10)16(2,14)15/h3-6,9,13H,7-8,12H2,1-2H3. The fourth-order valence-corrected chi connectivity index (χ4v) is 2.04. The number of nitrogens with one attached hydrogen (secondary N) is 1. The van der Waals surface area contributed by atoms with Crippen LogP contribution in [-0.4, -0.2) is 27.3 Å². The number of benzene rings is 1. The fraction of sp³-hybridized carbons (Fsp3) is 0.455. The molecular formula is C11H18N2O2S. The van der Waals surface area contributed by atoms with Crippen molar-refractivity contribution in [2.75, 3.05) is 18.1 Å². The molecule has 0 amide bonds. The van der Waals surface area contributed by atoms with Crippen LogP contribution < -0.4 is 11.1 Å². The Kier molecular flexibility index (Phi) is 4.32. The van der Waals surface area contributed by atoms with Crippen LogP contribution in [0, 0.1) is 0 Å². The van der Waals surface area contributed by atoms with Gasteiger partial charge in [0.05, 0.1) is 4.90 Å². The molecule has 0 bridgehead atoms. The van der Waals surface area contributed by atoms with Gasteiger partial charge in [-0.3, -0.25) is 0 Å². The first kappa shape index (κ1) is 13.0. The maximum atomic E-state index is 11.2. The Morgan fingerprint density at radius 1 is 1.31 bits per heavy atom. The van der Waals surface area contributed by atoms with E-state index in [9.17, 15) is 8.42 Å². The molecule has 90 valence electrons. The minimum Gasteiger partial charge on any atom is -0.383 e. The van der Waals surface area contributed by atoms with Crippen LogP contribution in [0.15, 0.2) is 29.2 Å². The normalized spacial score (nSPS) is 13.4. The SMILES string of the molecule is CC(CCN)Nc1ccc(S(C)(=O)=O)cc1. The van der Waals surface area contributed by atoms with Gasteiger partial charge < -0.3 is 11.1 Å². The van der Waals surface area contributed by atoms with Gasteiger partial charge in [-0.2, -0.15) is 0 Å². The third-order valence-corrected chi connectivity index (χ3v) is 3.42. The fourth-order valence-electron chi connectivity index (χ4n) is 1.41. The lowest BCUT2D eigenvalue weighted by Gasteiger charge is -2.14. The summed E-state index contributed by atoms with van der Waals surface area (Å²) < 4.78 is 22.5. The van der Waals surface area contributed by atoms with E-state index in [1.54, 1.807) is 24.3 Å². The second kappa shape index (κ2) is 5.32. The van der Waals surface area contributed by atoms with Gasteiger partial charge in [0.2, 0.25) is 0 Å². The maximum absolute atomic E-state index is 11.2. The lowest BCUT2D eigenvalue weighted by atomic mass is 10.2. The monoisotopic (exact) mass is 242 g/mol. The van der Waals surface area contributed by atoms with Gasteiger partial charge >= 0.3 is 0 Å². The molecule has 0 saturated carbocycles. The van der Waals surface area contributed by atoms with Crippen LogP contribution >= 0.6 is 0 Å². The molecule has 0 fully saturated rings. The summed E-state index contributed by atoms with van der Waals surface area (Å²) in [5, 5.41) is 3.25. The van der Waals surface area contributed by atoms with Crippen molar-refractivity contribution in [2.45, 2.75) is 24.3 Å². The Balaban J connectivity index is 2.72. The number of anilines is 1. The van der Waals surface area contributed by atoms with Crippen molar-refractivity contribution in [3.63, 3.8) is 0 Å². The first-order chi connectivity index (χ1) is 7.43. The highest BCUT2D eigenvalue weighted by Crippen LogP contribution is 2.14. The van der Waals surface area contributed by atoms with E-state index in [2.05, 4.69) is 5.32 Å². The molecule has 3 N–H and O–H groups in total. The summed E-state index contributed by atoms with van der Waals surface area (Å²) in [5.41, 5.74) is 6.36. The zero-order valence-corrected chi connectivity index (χ0v) is 10.4. The Morgan fingerprint density at radius 3 is 2.31 bits per heavy atom. The van der Waals surface area contributed by atoms with E-state index in [1.165, 1.54) is 6.26 Å². The summed E-state index contributed by atoms with van der Waals surface area (Å²) >= 11 is 0. The van der Waals surface area contributed by atoms with E-state index >= 15 is 0 Å². The van der Waals surface area contributed by atoms with Crippen molar-refractivity contribution < 1.29 is 8.42 Å². The summed E-state index contributed by atoms with van der Waals surface area (Å²) in [5.74, 6) is 0. The molecular weight excluding hydrogens is 224 g/mol. The molecule has 0 aliphatic carbocycles. The molecule has 5 heteroatoms. The molecule has 0 aliphatic heterocycles. The van der Waals surface area contributed by atoms with Crippen molar-refractivity contribution in [3.8, 4) is 0 Å². The minimum absolute atomic E-state index is 0.286. The Bertz CT molecular complexity index is 426. The van der Waals surface area contributed by atoms with Gasteiger partial charge in [0.15, 0.2) is 9.84 Å². The van der Waals surface area contributed by atoms with E-state index in [-0.39, 0.29) is 6.04 Å². The summed E-state index contributed by atoms with van der Waals surface area (Å²) in [6, 6.07) is 7.03. The van der Waals surface area contributed by atoms with Crippen molar-refractivity contribution >= 4 is 15.5 Å². The second-order valence-electron chi connectivity index (χ2n) is 3.92. The lowest BCUT2D eigenvalue weighted by Crippen LogP contribution is -2.19. The number of hydrogen-bond donors (Lipinski definition) is 2. The molecule has 1 rings (SSSR count). The van der Waals surface area contributed by atoms with Gasteiger partial charge in [-0.15, -0.1) is 0 Å². The molecule has 16 heavy (non-hydrogen) atoms. The molecule has 0 aromatic heterocycles. The van der Waals surface area contributed by atoms with Crippen LogP contribution in [-0.2, 0) is 9.84 Å². The maximum Gasteiger partial charge on any atom is 0.175 e. The van der Waals surface area contributed by atoms with Gasteiger partial charge in [0.1, 0.15) is 0 Å². The third-order valence-electron chi connectivity index (χ3n) is 2.30. The molecule has 1 atom stereocenters. The Labute approximate surface area is 96.8 Å². The van der Waals surface area contributed by atoms with Crippen LogP contribution in [0.2, 0.25) is 0 Å². The molecule has 0 spiro atoms. The number of rotatable bonds is 5. The van der Waals surface area contributed by atoms with E-state index in [0.717, 1.165) is 12.1 Å². The molecule has 0 saturated heterocycles. The van der Waals surface area contributed by atoms with Gasteiger partial charge in [-0.25, -0.2) is 8.42 Å². The van der Waals surface area contributed by atoms with Crippen molar-refractivity contribution in [3.05, 3.63) is 24.3 Å². The van der Waals surface area contributed by atoms with Crippen LogP contribution in [0.5, 0.6) is 0 Å². The summed E-state index contributed by atoms with van der Waals surface area (Å²) in [6.45, 7) is 2.67. The smallest absolute Gasteiger partial charge is 0.175 e. The Hall–Kier alpha value is -1.07. The zero-order chi connectivity index (χ0) is 12.2. The molecule has 0 aliphatic rings. The number of nitrogens with two attached hydrogens (primary N) is 1. The van der Waals surface area contributed by atoms with Crippen LogP contribution in [0.3, 0.4) is 0 Å². The average Bonchev–Trinajstić information content (AvgIpc) is 2.17. The van der Waals surface area contributed by atoms with Crippen LogP contribution in [0.25, 0.3) is 0 Å². The Morgan fingerprint density at radius 2 is 1.88 bits per heavy atom. The van der Waals surface area contributed by atoms with Crippen molar-refractivity contribution in [2.24, 2.45) is 5.73 Å². The molecule has 1 aromatic carbocycles. The molecule has 1 unspecified atom stereocenters. The quantitative estimate of drug-likeness (QED) is 0.815. The lowest BCUT2D eigenvalue weighted by molar-refractivity contribution is 0.602. The van der Waals surface area contributed by atoms with Crippen LogP contribution in [0.1, 0.15) is 13.3 Å². The highest BCUT2D eigenvalue weighted by atomic mass is 32.2. The minimum atomic E-state index is -3.11. The zero-order valence-electron chi connectivity index (χ0n) is 9.60. The molecule has 4 nitrogen and oxygen atoms in total. The van der Waals surface area contributed by atoms with Gasteiger partial charge in [-0.1, -0.05) is 0 Å². The molecule has 0 heterocycles. The highest BCUT2D eigenvalue weighted by Gasteiger charge is 2.06. The van der Waals surface area contributed by atoms with Gasteiger partial charge in [0, 0.05) is 18.0 Å². The summed E-state index contributed by atoms with van der Waals surface area (Å²) in [7, 11) is -3.11. The van der Waals surface area contributed by atoms with E-state index in [0.29, 0.717) is 11.4 Å². The second-order valence-corrected chi connectivity index (χ2v) is 5.94. The van der Waals surface area contributed by atoms with Crippen molar-refractivity contribution in [1.29, 1.82) is 0 Å². The highest BCUT2D eigenvalue weighted by molar-refractivity contribution is 7.90. The summed E-state index contributed by atoms with van der Waals surface area (Å²) in [4.78, 5) is 0.338. The average molecular weight is 242 g/mol. The van der Waals surface area contributed by atoms with Crippen LogP contribution in [0.4, 0.5) is 5.69 Å². The van der Waals surface area contributed by atoms with E-state index in [4.69, 9.17) is 5.73 Å². The van der Waals surface area contributed by atoms with E-state index in [1.807, 2.05) is 6.92 Å². The predicted molar refractivity (Wildman–Crippen MR) is 66.3 cm³/mol. The largest absolute Gasteiger partial charge is 0.383 e. The molecule has 0 radical (unpaired) electrons. The summed E-state index contributed by atoms with van der Waals surface area (Å²) in [6.07, 6.45) is 2.08. The van der Waals surface area contributed by atoms with E-state index < -0.39 is 9.84 Å².